The van der Waals surface area contributed by atoms with E-state index in [-0.39, 0.29) is 5.97 Å². The summed E-state index contributed by atoms with van der Waals surface area (Å²) in [6.07, 6.45) is 13.1. The van der Waals surface area contributed by atoms with Crippen molar-refractivity contribution in [2.24, 2.45) is 10.9 Å². The van der Waals surface area contributed by atoms with Gasteiger partial charge in [0.25, 0.3) is 0 Å². The Hall–Kier alpha value is -1.26. The Labute approximate surface area is 141 Å². The van der Waals surface area contributed by atoms with Crippen LogP contribution in [0.5, 0.6) is 0 Å². The largest absolute Gasteiger partial charge is 0.469 e. The Morgan fingerprint density at radius 1 is 1.04 bits per heavy atom. The summed E-state index contributed by atoms with van der Waals surface area (Å²) in [5.41, 5.74) is 0. The molecule has 1 rings (SSSR count). The van der Waals surface area contributed by atoms with E-state index in [0.717, 1.165) is 50.7 Å². The predicted octanol–water partition coefficient (Wildman–Crippen LogP) is 3.25. The third-order valence-corrected chi connectivity index (χ3v) is 4.61. The molecule has 0 aromatic heterocycles. The van der Waals surface area contributed by atoms with Gasteiger partial charge in [-0.2, -0.15) is 0 Å². The van der Waals surface area contributed by atoms with E-state index in [2.05, 4.69) is 20.4 Å². The molecule has 0 radical (unpaired) electrons. The molecule has 1 fully saturated rings. The lowest BCUT2D eigenvalue weighted by molar-refractivity contribution is -0.140. The molecule has 0 atom stereocenters. The lowest BCUT2D eigenvalue weighted by Crippen LogP contribution is -2.38. The van der Waals surface area contributed by atoms with Crippen molar-refractivity contribution in [3.05, 3.63) is 0 Å². The van der Waals surface area contributed by atoms with Gasteiger partial charge in [0.15, 0.2) is 5.96 Å². The molecule has 0 spiro atoms. The molecule has 0 aromatic rings. The molecule has 5 nitrogen and oxygen atoms in total. The van der Waals surface area contributed by atoms with Crippen LogP contribution >= 0.6 is 0 Å². The number of methoxy groups -OCH3 is 1. The quantitative estimate of drug-likeness (QED) is 0.265. The van der Waals surface area contributed by atoms with Gasteiger partial charge in [0.05, 0.1) is 7.11 Å². The number of hydrogen-bond donors (Lipinski definition) is 2. The SMILES string of the molecule is CN=C(NCCCCCCC(=O)OC)NCCCC1CCCC1. The van der Waals surface area contributed by atoms with Crippen molar-refractivity contribution < 1.29 is 9.53 Å². The van der Waals surface area contributed by atoms with Crippen LogP contribution in [0.25, 0.3) is 0 Å². The lowest BCUT2D eigenvalue weighted by Gasteiger charge is -2.13. The standard InChI is InChI=1S/C18H35N3O2/c1-19-18(21-15-9-12-16-10-6-7-11-16)20-14-8-4-3-5-13-17(22)23-2/h16H,3-15H2,1-2H3,(H2,19,20,21). The Morgan fingerprint density at radius 2 is 1.70 bits per heavy atom. The fourth-order valence-electron chi connectivity index (χ4n) is 3.17. The van der Waals surface area contributed by atoms with Crippen LogP contribution in [-0.4, -0.2) is 39.2 Å². The van der Waals surface area contributed by atoms with E-state index in [9.17, 15) is 4.79 Å². The number of nitrogens with zero attached hydrogens (tertiary/aromatic N) is 1. The molecule has 1 saturated carbocycles. The van der Waals surface area contributed by atoms with E-state index in [4.69, 9.17) is 0 Å². The van der Waals surface area contributed by atoms with Gasteiger partial charge in [0, 0.05) is 26.6 Å². The summed E-state index contributed by atoms with van der Waals surface area (Å²) in [6.45, 7) is 1.94. The van der Waals surface area contributed by atoms with E-state index in [1.54, 1.807) is 0 Å². The summed E-state index contributed by atoms with van der Waals surface area (Å²) in [5, 5.41) is 6.75. The first-order chi connectivity index (χ1) is 11.3. The molecule has 1 aliphatic rings. The van der Waals surface area contributed by atoms with Crippen molar-refractivity contribution >= 4 is 11.9 Å². The maximum atomic E-state index is 11.0. The molecule has 2 N–H and O–H groups in total. The van der Waals surface area contributed by atoms with Gasteiger partial charge in [-0.1, -0.05) is 38.5 Å². The Kier molecular flexibility index (Phi) is 11.4. The minimum atomic E-state index is -0.106. The number of aliphatic imine (C=N–C) groups is 1. The van der Waals surface area contributed by atoms with E-state index in [0.29, 0.717) is 6.42 Å². The third kappa shape index (κ3) is 10.2. The van der Waals surface area contributed by atoms with Crippen LogP contribution in [0.3, 0.4) is 0 Å². The van der Waals surface area contributed by atoms with Crippen LogP contribution in [0.4, 0.5) is 0 Å². The van der Waals surface area contributed by atoms with Crippen LogP contribution < -0.4 is 10.6 Å². The highest BCUT2D eigenvalue weighted by Crippen LogP contribution is 2.28. The van der Waals surface area contributed by atoms with Gasteiger partial charge in [-0.3, -0.25) is 9.79 Å². The van der Waals surface area contributed by atoms with Gasteiger partial charge in [0.1, 0.15) is 0 Å². The smallest absolute Gasteiger partial charge is 0.305 e. The summed E-state index contributed by atoms with van der Waals surface area (Å²) in [5.74, 6) is 1.77. The minimum Gasteiger partial charge on any atom is -0.469 e. The van der Waals surface area contributed by atoms with Crippen molar-refractivity contribution in [3.63, 3.8) is 0 Å². The normalized spacial score (nSPS) is 15.7. The fraction of sp³-hybridized carbons (Fsp3) is 0.889. The van der Waals surface area contributed by atoms with E-state index in [1.165, 1.54) is 45.6 Å². The number of carbonyl (C=O) groups excluding carboxylic acids is 1. The van der Waals surface area contributed by atoms with Gasteiger partial charge >= 0.3 is 5.97 Å². The van der Waals surface area contributed by atoms with Gasteiger partial charge in [-0.25, -0.2) is 0 Å². The van der Waals surface area contributed by atoms with Gasteiger partial charge in [-0.15, -0.1) is 0 Å². The predicted molar refractivity (Wildman–Crippen MR) is 95.7 cm³/mol. The topological polar surface area (TPSA) is 62.7 Å². The van der Waals surface area contributed by atoms with Crippen molar-refractivity contribution in [1.29, 1.82) is 0 Å². The maximum Gasteiger partial charge on any atom is 0.305 e. The average Bonchev–Trinajstić information content (AvgIpc) is 3.08. The van der Waals surface area contributed by atoms with Gasteiger partial charge < -0.3 is 15.4 Å². The van der Waals surface area contributed by atoms with Gasteiger partial charge in [-0.05, 0) is 31.6 Å². The van der Waals surface area contributed by atoms with Crippen molar-refractivity contribution in [3.8, 4) is 0 Å². The number of ether oxygens (including phenoxy) is 1. The third-order valence-electron chi connectivity index (χ3n) is 4.61. The zero-order valence-corrected chi connectivity index (χ0v) is 15.0. The number of guanidine groups is 1. The van der Waals surface area contributed by atoms with Crippen molar-refractivity contribution in [1.82, 2.24) is 10.6 Å². The summed E-state index contributed by atoms with van der Waals surface area (Å²) < 4.78 is 4.63. The van der Waals surface area contributed by atoms with Crippen LogP contribution in [-0.2, 0) is 9.53 Å². The monoisotopic (exact) mass is 325 g/mol. The highest BCUT2D eigenvalue weighted by molar-refractivity contribution is 5.79. The zero-order valence-electron chi connectivity index (χ0n) is 15.0. The molecule has 0 amide bonds. The maximum absolute atomic E-state index is 11.0. The second kappa shape index (κ2) is 13.2. The number of esters is 1. The molecule has 0 saturated heterocycles. The number of carbonyl (C=O) groups is 1. The highest BCUT2D eigenvalue weighted by atomic mass is 16.5. The lowest BCUT2D eigenvalue weighted by atomic mass is 10.0. The van der Waals surface area contributed by atoms with Crippen LogP contribution in [0.1, 0.15) is 70.6 Å². The number of rotatable bonds is 11. The molecular weight excluding hydrogens is 290 g/mol. The Morgan fingerprint density at radius 3 is 2.35 bits per heavy atom. The molecule has 5 heteroatoms. The van der Waals surface area contributed by atoms with Crippen molar-refractivity contribution in [2.75, 3.05) is 27.2 Å². The molecule has 0 aliphatic heterocycles. The Balaban J connectivity index is 1.91. The minimum absolute atomic E-state index is 0.106. The van der Waals surface area contributed by atoms with E-state index in [1.807, 2.05) is 7.05 Å². The Bertz CT molecular complexity index is 339. The summed E-state index contributed by atoms with van der Waals surface area (Å²) in [7, 11) is 3.27. The molecule has 0 heterocycles. The molecule has 0 aromatic carbocycles. The summed E-state index contributed by atoms with van der Waals surface area (Å²) >= 11 is 0. The average molecular weight is 325 g/mol. The van der Waals surface area contributed by atoms with Crippen LogP contribution in [0, 0.1) is 5.92 Å². The number of nitrogens with one attached hydrogen (secondary N) is 2. The second-order valence-corrected chi connectivity index (χ2v) is 6.46. The first kappa shape index (κ1) is 19.8. The molecule has 1 aliphatic carbocycles. The summed E-state index contributed by atoms with van der Waals surface area (Å²) in [4.78, 5) is 15.2. The van der Waals surface area contributed by atoms with Crippen molar-refractivity contribution in [2.45, 2.75) is 70.6 Å². The van der Waals surface area contributed by atoms with Gasteiger partial charge in [0.2, 0.25) is 0 Å². The first-order valence-electron chi connectivity index (χ1n) is 9.27. The zero-order chi connectivity index (χ0) is 16.8. The molecule has 134 valence electrons. The summed E-state index contributed by atoms with van der Waals surface area (Å²) in [6, 6.07) is 0. The van der Waals surface area contributed by atoms with E-state index < -0.39 is 0 Å². The number of hydrogen-bond acceptors (Lipinski definition) is 3. The van der Waals surface area contributed by atoms with Crippen LogP contribution in [0.15, 0.2) is 4.99 Å². The molecule has 23 heavy (non-hydrogen) atoms. The second-order valence-electron chi connectivity index (χ2n) is 6.46. The highest BCUT2D eigenvalue weighted by Gasteiger charge is 2.13. The van der Waals surface area contributed by atoms with Crippen LogP contribution in [0.2, 0.25) is 0 Å². The molecule has 0 unspecified atom stereocenters. The van der Waals surface area contributed by atoms with E-state index >= 15 is 0 Å². The fourth-order valence-corrected chi connectivity index (χ4v) is 3.17. The molecule has 0 bridgehead atoms. The number of unbranched alkanes of at least 4 members (excludes halogenated alkanes) is 3. The molecular formula is C18H35N3O2. The first-order valence-corrected chi connectivity index (χ1v) is 9.27.